The van der Waals surface area contributed by atoms with E-state index in [-0.39, 0.29) is 11.6 Å². The molecule has 1 aliphatic carbocycles. The highest BCUT2D eigenvalue weighted by Crippen LogP contribution is 2.42. The van der Waals surface area contributed by atoms with Crippen LogP contribution in [0.15, 0.2) is 76.0 Å². The van der Waals surface area contributed by atoms with Gasteiger partial charge in [-0.3, -0.25) is 9.36 Å². The highest BCUT2D eigenvalue weighted by molar-refractivity contribution is 7.07. The van der Waals surface area contributed by atoms with Crippen molar-refractivity contribution in [3.05, 3.63) is 108 Å². The van der Waals surface area contributed by atoms with Crippen LogP contribution in [0.2, 0.25) is 0 Å². The van der Waals surface area contributed by atoms with Gasteiger partial charge in [0, 0.05) is 5.56 Å². The minimum absolute atomic E-state index is 0.0817. The van der Waals surface area contributed by atoms with E-state index in [1.54, 1.807) is 21.3 Å². The number of aromatic nitrogens is 1. The molecule has 0 N–H and O–H groups in total. The molecule has 2 aliphatic rings. The number of thiazole rings is 1. The van der Waals surface area contributed by atoms with Gasteiger partial charge in [0.15, 0.2) is 27.8 Å². The van der Waals surface area contributed by atoms with Crippen molar-refractivity contribution in [1.29, 1.82) is 0 Å². The van der Waals surface area contributed by atoms with Gasteiger partial charge < -0.3 is 18.9 Å². The number of hydrogen-bond donors (Lipinski definition) is 0. The molecule has 1 atom stereocenters. The van der Waals surface area contributed by atoms with Crippen LogP contribution < -0.4 is 33.8 Å². The summed E-state index contributed by atoms with van der Waals surface area (Å²) in [6.45, 7) is 2.47. The molecule has 6 rings (SSSR count). The van der Waals surface area contributed by atoms with Gasteiger partial charge in [0.25, 0.3) is 5.56 Å². The van der Waals surface area contributed by atoms with Crippen LogP contribution in [-0.2, 0) is 6.42 Å². The largest absolute Gasteiger partial charge is 0.493 e. The number of aryl methyl sites for hydroxylation is 1. The molecule has 40 heavy (non-hydrogen) atoms. The second kappa shape index (κ2) is 10.7. The number of ether oxygens (including phenoxy) is 4. The molecule has 0 fully saturated rings. The van der Waals surface area contributed by atoms with Crippen LogP contribution in [-0.4, -0.2) is 32.5 Å². The fraction of sp³-hybridized carbons (Fsp3) is 0.250. The minimum Gasteiger partial charge on any atom is -0.493 e. The summed E-state index contributed by atoms with van der Waals surface area (Å²) < 4.78 is 24.7. The van der Waals surface area contributed by atoms with E-state index in [2.05, 4.69) is 18.2 Å². The number of nitrogens with zero attached hydrogens (tertiary/aromatic N) is 2. The molecule has 3 aromatic carbocycles. The first-order chi connectivity index (χ1) is 19.6. The Labute approximate surface area is 236 Å². The maximum atomic E-state index is 14.1. The van der Waals surface area contributed by atoms with Crippen LogP contribution in [0.25, 0.3) is 11.8 Å². The van der Waals surface area contributed by atoms with Gasteiger partial charge in [-0.05, 0) is 72.4 Å². The van der Waals surface area contributed by atoms with E-state index in [0.29, 0.717) is 38.9 Å². The van der Waals surface area contributed by atoms with Crippen LogP contribution >= 0.6 is 11.3 Å². The van der Waals surface area contributed by atoms with E-state index in [1.165, 1.54) is 16.9 Å². The van der Waals surface area contributed by atoms with E-state index >= 15 is 0 Å². The van der Waals surface area contributed by atoms with Crippen molar-refractivity contribution < 1.29 is 18.9 Å². The summed E-state index contributed by atoms with van der Waals surface area (Å²) in [5.74, 6) is 2.56. The lowest BCUT2D eigenvalue weighted by molar-refractivity contribution is 0.311. The first kappa shape index (κ1) is 26.0. The Bertz CT molecular complexity index is 1820. The standard InChI is InChI=1S/C32H30N2O5S/c1-5-39-25-14-10-19(16-26(25)37-3)17-28-31(35)34-30(21-12-15-24(36-2)27(18-21)38-4)23-13-11-20-8-6-7-9-22(20)29(23)33-32(34)40-28/h6-10,12,14-18,30H,5,11,13H2,1-4H3. The van der Waals surface area contributed by atoms with Crippen LogP contribution in [0.4, 0.5) is 0 Å². The molecular formula is C32H30N2O5S. The third-order valence-electron chi connectivity index (χ3n) is 7.38. The fourth-order valence-electron chi connectivity index (χ4n) is 5.55. The maximum Gasteiger partial charge on any atom is 0.271 e. The monoisotopic (exact) mass is 554 g/mol. The van der Waals surface area contributed by atoms with E-state index in [4.69, 9.17) is 23.9 Å². The number of benzene rings is 3. The molecular weight excluding hydrogens is 524 g/mol. The lowest BCUT2D eigenvalue weighted by atomic mass is 9.83. The average molecular weight is 555 g/mol. The zero-order valence-corrected chi connectivity index (χ0v) is 23.7. The Balaban J connectivity index is 1.57. The third kappa shape index (κ3) is 4.38. The van der Waals surface area contributed by atoms with Gasteiger partial charge >= 0.3 is 0 Å². The second-order valence-electron chi connectivity index (χ2n) is 9.57. The van der Waals surface area contributed by atoms with Crippen molar-refractivity contribution in [1.82, 2.24) is 4.57 Å². The highest BCUT2D eigenvalue weighted by Gasteiger charge is 2.33. The molecule has 1 unspecified atom stereocenters. The van der Waals surface area contributed by atoms with Crippen molar-refractivity contribution in [3.63, 3.8) is 0 Å². The zero-order chi connectivity index (χ0) is 27.8. The first-order valence-electron chi connectivity index (χ1n) is 13.2. The number of allylic oxidation sites excluding steroid dienone is 1. The summed E-state index contributed by atoms with van der Waals surface area (Å²) >= 11 is 1.40. The van der Waals surface area contributed by atoms with E-state index < -0.39 is 0 Å². The number of hydrogen-bond acceptors (Lipinski definition) is 7. The van der Waals surface area contributed by atoms with Crippen LogP contribution in [0.3, 0.4) is 0 Å². The summed E-state index contributed by atoms with van der Waals surface area (Å²) in [4.78, 5) is 19.8. The fourth-order valence-corrected chi connectivity index (χ4v) is 6.55. The quantitative estimate of drug-likeness (QED) is 0.330. The summed E-state index contributed by atoms with van der Waals surface area (Å²) in [7, 11) is 4.86. The molecule has 1 aliphatic heterocycles. The SMILES string of the molecule is CCOc1ccc(C=c2sc3n(c2=O)C(c2ccc(OC)c(OC)c2)C2=C(N=3)c3ccccc3CC2)cc1OC. The van der Waals surface area contributed by atoms with Gasteiger partial charge in [-0.2, -0.15) is 0 Å². The van der Waals surface area contributed by atoms with Crippen molar-refractivity contribution in [2.24, 2.45) is 4.99 Å². The molecule has 0 radical (unpaired) electrons. The molecule has 2 heterocycles. The Morgan fingerprint density at radius 1 is 0.925 bits per heavy atom. The summed E-state index contributed by atoms with van der Waals surface area (Å²) in [5, 5.41) is 0. The first-order valence-corrected chi connectivity index (χ1v) is 14.0. The summed E-state index contributed by atoms with van der Waals surface area (Å²) in [5.41, 5.74) is 6.21. The predicted molar refractivity (Wildman–Crippen MR) is 156 cm³/mol. The number of rotatable bonds is 7. The van der Waals surface area contributed by atoms with Crippen LogP contribution in [0.5, 0.6) is 23.0 Å². The Morgan fingerprint density at radius 3 is 2.45 bits per heavy atom. The topological polar surface area (TPSA) is 71.3 Å². The molecule has 0 bridgehead atoms. The molecule has 204 valence electrons. The maximum absolute atomic E-state index is 14.1. The van der Waals surface area contributed by atoms with Gasteiger partial charge in [0.2, 0.25) is 0 Å². The Morgan fingerprint density at radius 2 is 1.68 bits per heavy atom. The Kier molecular flexibility index (Phi) is 6.94. The predicted octanol–water partition coefficient (Wildman–Crippen LogP) is 4.74. The van der Waals surface area contributed by atoms with E-state index in [0.717, 1.165) is 40.8 Å². The molecule has 0 saturated carbocycles. The zero-order valence-electron chi connectivity index (χ0n) is 22.9. The minimum atomic E-state index is -0.309. The van der Waals surface area contributed by atoms with Crippen molar-refractivity contribution in [3.8, 4) is 23.0 Å². The van der Waals surface area contributed by atoms with Gasteiger partial charge in [-0.1, -0.05) is 47.7 Å². The van der Waals surface area contributed by atoms with Crippen molar-refractivity contribution in [2.75, 3.05) is 27.9 Å². The van der Waals surface area contributed by atoms with Crippen molar-refractivity contribution in [2.45, 2.75) is 25.8 Å². The number of fused-ring (bicyclic) bond motifs is 3. The molecule has 8 heteroatoms. The lowest BCUT2D eigenvalue weighted by Crippen LogP contribution is -2.38. The van der Waals surface area contributed by atoms with Crippen LogP contribution in [0.1, 0.15) is 41.6 Å². The third-order valence-corrected chi connectivity index (χ3v) is 8.36. The lowest BCUT2D eigenvalue weighted by Gasteiger charge is -2.31. The molecule has 0 saturated heterocycles. The molecule has 7 nitrogen and oxygen atoms in total. The molecule has 1 aromatic heterocycles. The average Bonchev–Trinajstić information content (AvgIpc) is 3.30. The highest BCUT2D eigenvalue weighted by atomic mass is 32.1. The molecule has 0 amide bonds. The van der Waals surface area contributed by atoms with E-state index in [9.17, 15) is 4.79 Å². The molecule has 4 aromatic rings. The van der Waals surface area contributed by atoms with Gasteiger partial charge in [0.1, 0.15) is 0 Å². The number of methoxy groups -OCH3 is 3. The van der Waals surface area contributed by atoms with E-state index in [1.807, 2.05) is 60.0 Å². The Hall–Kier alpha value is -4.30. The summed E-state index contributed by atoms with van der Waals surface area (Å²) in [6.07, 6.45) is 3.60. The van der Waals surface area contributed by atoms with Crippen molar-refractivity contribution >= 4 is 23.1 Å². The van der Waals surface area contributed by atoms with Gasteiger partial charge in [-0.15, -0.1) is 0 Å². The van der Waals surface area contributed by atoms with Crippen LogP contribution in [0, 0.1) is 0 Å². The molecule has 0 spiro atoms. The summed E-state index contributed by atoms with van der Waals surface area (Å²) in [6, 6.07) is 19.6. The van der Waals surface area contributed by atoms with Gasteiger partial charge in [0.05, 0.1) is 44.2 Å². The second-order valence-corrected chi connectivity index (χ2v) is 10.6. The normalized spacial score (nSPS) is 16.0. The smallest absolute Gasteiger partial charge is 0.271 e. The van der Waals surface area contributed by atoms with Gasteiger partial charge in [-0.25, -0.2) is 4.99 Å².